The summed E-state index contributed by atoms with van der Waals surface area (Å²) in [6.45, 7) is 5.78. The molecule has 1 amide bonds. The number of amides is 1. The zero-order chi connectivity index (χ0) is 12.0. The van der Waals surface area contributed by atoms with E-state index in [9.17, 15) is 9.59 Å². The van der Waals surface area contributed by atoms with Gasteiger partial charge in [0.25, 0.3) is 0 Å². The predicted octanol–water partition coefficient (Wildman–Crippen LogP) is 0.956. The van der Waals surface area contributed by atoms with Crippen molar-refractivity contribution in [3.05, 3.63) is 0 Å². The Kier molecular flexibility index (Phi) is 5.46. The molecule has 0 radical (unpaired) electrons. The van der Waals surface area contributed by atoms with Crippen LogP contribution in [0.15, 0.2) is 0 Å². The van der Waals surface area contributed by atoms with E-state index in [-0.39, 0.29) is 17.7 Å². The molecule has 0 bridgehead atoms. The second-order valence-corrected chi connectivity index (χ2v) is 4.49. The first-order valence-corrected chi connectivity index (χ1v) is 6.10. The SMILES string of the molecule is CC(=O)NCCC(C(C)=O)N1CCCCC1. The van der Waals surface area contributed by atoms with Crippen LogP contribution in [0.25, 0.3) is 0 Å². The number of hydrogen-bond acceptors (Lipinski definition) is 3. The quantitative estimate of drug-likeness (QED) is 0.759. The molecule has 92 valence electrons. The molecule has 1 N–H and O–H groups in total. The monoisotopic (exact) mass is 226 g/mol. The largest absolute Gasteiger partial charge is 0.356 e. The second kappa shape index (κ2) is 6.63. The molecule has 1 fully saturated rings. The van der Waals surface area contributed by atoms with Crippen molar-refractivity contribution in [3.63, 3.8) is 0 Å². The van der Waals surface area contributed by atoms with E-state index in [1.807, 2.05) is 0 Å². The summed E-state index contributed by atoms with van der Waals surface area (Å²) in [6.07, 6.45) is 4.37. The number of ketones is 1. The van der Waals surface area contributed by atoms with E-state index in [2.05, 4.69) is 10.2 Å². The average molecular weight is 226 g/mol. The number of hydrogen-bond donors (Lipinski definition) is 1. The van der Waals surface area contributed by atoms with Gasteiger partial charge in [-0.25, -0.2) is 0 Å². The molecule has 16 heavy (non-hydrogen) atoms. The van der Waals surface area contributed by atoms with Crippen LogP contribution in [0.4, 0.5) is 0 Å². The van der Waals surface area contributed by atoms with Crippen LogP contribution >= 0.6 is 0 Å². The van der Waals surface area contributed by atoms with Crippen LogP contribution < -0.4 is 5.32 Å². The maximum Gasteiger partial charge on any atom is 0.216 e. The molecule has 4 nitrogen and oxygen atoms in total. The molecule has 0 saturated carbocycles. The lowest BCUT2D eigenvalue weighted by Crippen LogP contribution is -2.44. The Labute approximate surface area is 97.4 Å². The van der Waals surface area contributed by atoms with Gasteiger partial charge in [-0.2, -0.15) is 0 Å². The van der Waals surface area contributed by atoms with Gasteiger partial charge in [0.2, 0.25) is 5.91 Å². The van der Waals surface area contributed by atoms with E-state index in [1.165, 1.54) is 26.2 Å². The van der Waals surface area contributed by atoms with Crippen molar-refractivity contribution in [2.24, 2.45) is 0 Å². The lowest BCUT2D eigenvalue weighted by atomic mass is 10.0. The molecular weight excluding hydrogens is 204 g/mol. The standard InChI is InChI=1S/C12H22N2O2/c1-10(15)12(6-7-13-11(2)16)14-8-4-3-5-9-14/h12H,3-9H2,1-2H3,(H,13,16). The van der Waals surface area contributed by atoms with Crippen LogP contribution in [-0.4, -0.2) is 42.3 Å². The number of Topliss-reactive ketones (excluding diaryl/α,β-unsaturated/α-hetero) is 1. The third-order valence-corrected chi connectivity index (χ3v) is 3.09. The number of likely N-dealkylation sites (tertiary alicyclic amines) is 1. The summed E-state index contributed by atoms with van der Waals surface area (Å²) in [6, 6.07) is -0.00727. The molecule has 1 atom stereocenters. The molecule has 1 rings (SSSR count). The second-order valence-electron chi connectivity index (χ2n) is 4.49. The molecule has 1 aliphatic heterocycles. The molecule has 0 aliphatic carbocycles. The molecule has 1 unspecified atom stereocenters. The third kappa shape index (κ3) is 4.31. The van der Waals surface area contributed by atoms with Gasteiger partial charge < -0.3 is 5.32 Å². The fraction of sp³-hybridized carbons (Fsp3) is 0.833. The smallest absolute Gasteiger partial charge is 0.216 e. The summed E-state index contributed by atoms with van der Waals surface area (Å²) in [5, 5.41) is 2.75. The maximum atomic E-state index is 11.6. The van der Waals surface area contributed by atoms with Crippen molar-refractivity contribution in [1.29, 1.82) is 0 Å². The van der Waals surface area contributed by atoms with E-state index in [0.717, 1.165) is 19.5 Å². The van der Waals surface area contributed by atoms with Gasteiger partial charge in [0.15, 0.2) is 0 Å². The Bertz CT molecular complexity index is 247. The average Bonchev–Trinajstić information content (AvgIpc) is 2.25. The van der Waals surface area contributed by atoms with Gasteiger partial charge in [0.1, 0.15) is 5.78 Å². The van der Waals surface area contributed by atoms with Gasteiger partial charge in [-0.3, -0.25) is 14.5 Å². The van der Waals surface area contributed by atoms with Crippen molar-refractivity contribution < 1.29 is 9.59 Å². The van der Waals surface area contributed by atoms with Gasteiger partial charge in [-0.05, 0) is 39.3 Å². The van der Waals surface area contributed by atoms with Crippen molar-refractivity contribution >= 4 is 11.7 Å². The maximum absolute atomic E-state index is 11.6. The Morgan fingerprint density at radius 3 is 2.31 bits per heavy atom. The van der Waals surface area contributed by atoms with Crippen LogP contribution in [0.2, 0.25) is 0 Å². The highest BCUT2D eigenvalue weighted by Crippen LogP contribution is 2.14. The van der Waals surface area contributed by atoms with Crippen molar-refractivity contribution in [2.75, 3.05) is 19.6 Å². The Balaban J connectivity index is 2.40. The van der Waals surface area contributed by atoms with Crippen LogP contribution in [-0.2, 0) is 9.59 Å². The molecule has 1 heterocycles. The summed E-state index contributed by atoms with van der Waals surface area (Å²) < 4.78 is 0. The van der Waals surface area contributed by atoms with E-state index in [1.54, 1.807) is 6.92 Å². The van der Waals surface area contributed by atoms with Crippen LogP contribution in [0.5, 0.6) is 0 Å². The van der Waals surface area contributed by atoms with E-state index >= 15 is 0 Å². The normalized spacial score (nSPS) is 19.1. The molecule has 1 saturated heterocycles. The van der Waals surface area contributed by atoms with E-state index in [0.29, 0.717) is 6.54 Å². The number of carbonyl (C=O) groups excluding carboxylic acids is 2. The minimum Gasteiger partial charge on any atom is -0.356 e. The van der Waals surface area contributed by atoms with Crippen LogP contribution in [0.3, 0.4) is 0 Å². The van der Waals surface area contributed by atoms with E-state index < -0.39 is 0 Å². The first-order chi connectivity index (χ1) is 7.61. The highest BCUT2D eigenvalue weighted by Gasteiger charge is 2.23. The summed E-state index contributed by atoms with van der Waals surface area (Å²) in [4.78, 5) is 24.6. The molecule has 0 spiro atoms. The first kappa shape index (κ1) is 13.2. The Hall–Kier alpha value is -0.900. The lowest BCUT2D eigenvalue weighted by Gasteiger charge is -2.33. The van der Waals surface area contributed by atoms with Gasteiger partial charge >= 0.3 is 0 Å². The zero-order valence-corrected chi connectivity index (χ0v) is 10.3. The third-order valence-electron chi connectivity index (χ3n) is 3.09. The Morgan fingerprint density at radius 1 is 1.19 bits per heavy atom. The van der Waals surface area contributed by atoms with Gasteiger partial charge in [-0.1, -0.05) is 6.42 Å². The minimum absolute atomic E-state index is 0.00727. The highest BCUT2D eigenvalue weighted by molar-refractivity contribution is 5.81. The van der Waals surface area contributed by atoms with Crippen LogP contribution in [0.1, 0.15) is 39.5 Å². The molecule has 0 aromatic rings. The van der Waals surface area contributed by atoms with Gasteiger partial charge in [0.05, 0.1) is 6.04 Å². The van der Waals surface area contributed by atoms with E-state index in [4.69, 9.17) is 0 Å². The molecule has 0 aromatic carbocycles. The first-order valence-electron chi connectivity index (χ1n) is 6.10. The van der Waals surface area contributed by atoms with Gasteiger partial charge in [-0.15, -0.1) is 0 Å². The van der Waals surface area contributed by atoms with Crippen molar-refractivity contribution in [1.82, 2.24) is 10.2 Å². The minimum atomic E-state index is -0.0269. The number of piperidine rings is 1. The summed E-state index contributed by atoms with van der Waals surface area (Å²) in [5.41, 5.74) is 0. The number of nitrogens with one attached hydrogen (secondary N) is 1. The van der Waals surface area contributed by atoms with Crippen molar-refractivity contribution in [3.8, 4) is 0 Å². The summed E-state index contributed by atoms with van der Waals surface area (Å²) >= 11 is 0. The van der Waals surface area contributed by atoms with Crippen LogP contribution in [0, 0.1) is 0 Å². The highest BCUT2D eigenvalue weighted by atomic mass is 16.1. The molecule has 0 aromatic heterocycles. The lowest BCUT2D eigenvalue weighted by molar-refractivity contribution is -0.123. The molecule has 4 heteroatoms. The van der Waals surface area contributed by atoms with Crippen molar-refractivity contribution in [2.45, 2.75) is 45.6 Å². The number of rotatable bonds is 5. The number of nitrogens with zero attached hydrogens (tertiary/aromatic N) is 1. The number of carbonyl (C=O) groups is 2. The molecular formula is C12H22N2O2. The summed E-state index contributed by atoms with van der Waals surface area (Å²) in [7, 11) is 0. The summed E-state index contributed by atoms with van der Waals surface area (Å²) in [5.74, 6) is 0.188. The fourth-order valence-corrected chi connectivity index (χ4v) is 2.26. The topological polar surface area (TPSA) is 49.4 Å². The molecule has 1 aliphatic rings. The zero-order valence-electron chi connectivity index (χ0n) is 10.3. The Morgan fingerprint density at radius 2 is 1.81 bits per heavy atom. The van der Waals surface area contributed by atoms with Gasteiger partial charge in [0, 0.05) is 13.5 Å². The fourth-order valence-electron chi connectivity index (χ4n) is 2.26. The predicted molar refractivity (Wildman–Crippen MR) is 63.2 cm³/mol.